The van der Waals surface area contributed by atoms with Crippen molar-refractivity contribution in [3.63, 3.8) is 0 Å². The van der Waals surface area contributed by atoms with Crippen molar-refractivity contribution in [2.24, 2.45) is 0 Å². The fourth-order valence-corrected chi connectivity index (χ4v) is 1.51. The van der Waals surface area contributed by atoms with Gasteiger partial charge in [-0.1, -0.05) is 18.2 Å². The minimum atomic E-state index is 0.120. The molecule has 2 N–H and O–H groups in total. The molecule has 66 valence electrons. The van der Waals surface area contributed by atoms with Crippen molar-refractivity contribution < 1.29 is 5.11 Å². The third kappa shape index (κ3) is 1.93. The fourth-order valence-electron chi connectivity index (χ4n) is 1.13. The van der Waals surface area contributed by atoms with Crippen LogP contribution in [0.4, 0.5) is 0 Å². The normalized spacial score (nSPS) is 12.8. The van der Waals surface area contributed by atoms with Crippen molar-refractivity contribution in [2.75, 3.05) is 12.8 Å². The molecule has 3 heteroatoms. The van der Waals surface area contributed by atoms with Crippen LogP contribution in [-0.2, 0) is 0 Å². The highest BCUT2D eigenvalue weighted by Crippen LogP contribution is 2.23. The molecule has 0 aromatic heterocycles. The third-order valence-electron chi connectivity index (χ3n) is 1.84. The summed E-state index contributed by atoms with van der Waals surface area (Å²) in [7, 11) is 1.85. The zero-order valence-corrected chi connectivity index (χ0v) is 7.88. The van der Waals surface area contributed by atoms with E-state index in [9.17, 15) is 5.11 Å². The molecule has 1 aromatic carbocycles. The number of phenols is 1. The summed E-state index contributed by atoms with van der Waals surface area (Å²) in [5, 5.41) is 12.5. The number of nitrogens with one attached hydrogen (secondary N) is 1. The number of aromatic hydroxyl groups is 1. The summed E-state index contributed by atoms with van der Waals surface area (Å²) in [5.41, 5.74) is 0.898. The molecule has 0 radical (unpaired) electrons. The molecule has 0 aliphatic heterocycles. The Morgan fingerprint density at radius 2 is 2.17 bits per heavy atom. The van der Waals surface area contributed by atoms with Gasteiger partial charge in [-0.2, -0.15) is 12.6 Å². The molecule has 1 rings (SSSR count). The number of rotatable bonds is 3. The van der Waals surface area contributed by atoms with Gasteiger partial charge in [-0.05, 0) is 13.1 Å². The van der Waals surface area contributed by atoms with E-state index in [2.05, 4.69) is 17.9 Å². The van der Waals surface area contributed by atoms with Gasteiger partial charge in [-0.3, -0.25) is 0 Å². The Labute approximate surface area is 78.0 Å². The van der Waals surface area contributed by atoms with E-state index in [-0.39, 0.29) is 6.04 Å². The summed E-state index contributed by atoms with van der Waals surface area (Å²) in [6.07, 6.45) is 0. The van der Waals surface area contributed by atoms with Gasteiger partial charge < -0.3 is 10.4 Å². The van der Waals surface area contributed by atoms with Crippen LogP contribution in [0.2, 0.25) is 0 Å². The van der Waals surface area contributed by atoms with E-state index in [0.717, 1.165) is 5.56 Å². The van der Waals surface area contributed by atoms with Crippen LogP contribution in [-0.4, -0.2) is 17.9 Å². The maximum absolute atomic E-state index is 9.47. The summed E-state index contributed by atoms with van der Waals surface area (Å²) in [6, 6.07) is 7.41. The minimum Gasteiger partial charge on any atom is -0.508 e. The first-order valence-electron chi connectivity index (χ1n) is 3.85. The van der Waals surface area contributed by atoms with Gasteiger partial charge in [0.25, 0.3) is 0 Å². The number of hydrogen-bond donors (Lipinski definition) is 3. The lowest BCUT2D eigenvalue weighted by Gasteiger charge is -2.14. The van der Waals surface area contributed by atoms with E-state index < -0.39 is 0 Å². The number of phenolic OH excluding ortho intramolecular Hbond substituents is 1. The van der Waals surface area contributed by atoms with Crippen molar-refractivity contribution in [1.82, 2.24) is 5.32 Å². The monoisotopic (exact) mass is 183 g/mol. The lowest BCUT2D eigenvalue weighted by atomic mass is 10.1. The molecule has 2 nitrogen and oxygen atoms in total. The highest BCUT2D eigenvalue weighted by molar-refractivity contribution is 7.80. The van der Waals surface area contributed by atoms with E-state index in [4.69, 9.17) is 0 Å². The minimum absolute atomic E-state index is 0.120. The Balaban J connectivity index is 2.92. The summed E-state index contributed by atoms with van der Waals surface area (Å²) >= 11 is 4.18. The van der Waals surface area contributed by atoms with Gasteiger partial charge in [0.05, 0.1) is 0 Å². The van der Waals surface area contributed by atoms with Gasteiger partial charge in [0.1, 0.15) is 5.75 Å². The summed E-state index contributed by atoms with van der Waals surface area (Å²) in [6.45, 7) is 0. The van der Waals surface area contributed by atoms with Crippen LogP contribution in [0.15, 0.2) is 24.3 Å². The molecule has 12 heavy (non-hydrogen) atoms. The summed E-state index contributed by atoms with van der Waals surface area (Å²) in [5.74, 6) is 1.000. The van der Waals surface area contributed by atoms with E-state index in [1.165, 1.54) is 0 Å². The topological polar surface area (TPSA) is 32.3 Å². The largest absolute Gasteiger partial charge is 0.508 e. The second kappa shape index (κ2) is 4.38. The third-order valence-corrected chi connectivity index (χ3v) is 2.21. The molecule has 0 heterocycles. The van der Waals surface area contributed by atoms with E-state index in [1.807, 2.05) is 25.2 Å². The Kier molecular flexibility index (Phi) is 3.44. The molecule has 0 bridgehead atoms. The van der Waals surface area contributed by atoms with Gasteiger partial charge >= 0.3 is 0 Å². The van der Waals surface area contributed by atoms with Gasteiger partial charge in [-0.25, -0.2) is 0 Å². The lowest BCUT2D eigenvalue weighted by Crippen LogP contribution is -2.17. The smallest absolute Gasteiger partial charge is 0.120 e. The maximum atomic E-state index is 9.47. The average Bonchev–Trinajstić information content (AvgIpc) is 2.10. The van der Waals surface area contributed by atoms with Crippen molar-refractivity contribution in [2.45, 2.75) is 6.04 Å². The predicted octanol–water partition coefficient (Wildman–Crippen LogP) is 1.58. The zero-order valence-electron chi connectivity index (χ0n) is 6.99. The molecule has 0 unspecified atom stereocenters. The van der Waals surface area contributed by atoms with Crippen LogP contribution < -0.4 is 5.32 Å². The first kappa shape index (κ1) is 9.42. The number of thiol groups is 1. The van der Waals surface area contributed by atoms with E-state index >= 15 is 0 Å². The molecule has 1 atom stereocenters. The van der Waals surface area contributed by atoms with Gasteiger partial charge in [-0.15, -0.1) is 0 Å². The van der Waals surface area contributed by atoms with Crippen molar-refractivity contribution >= 4 is 12.6 Å². The number of benzene rings is 1. The van der Waals surface area contributed by atoms with Crippen LogP contribution >= 0.6 is 12.6 Å². The lowest BCUT2D eigenvalue weighted by molar-refractivity contribution is 0.459. The Morgan fingerprint density at radius 1 is 1.50 bits per heavy atom. The second-order valence-corrected chi connectivity index (χ2v) is 2.95. The molecule has 0 fully saturated rings. The van der Waals surface area contributed by atoms with Crippen LogP contribution in [0.3, 0.4) is 0 Å². The standard InChI is InChI=1S/C9H13NOS/c1-10-8(6-12)7-4-2-3-5-9(7)11/h2-5,8,10-12H,6H2,1H3/t8-/m1/s1. The Hall–Kier alpha value is -0.670. The molecule has 0 saturated carbocycles. The zero-order chi connectivity index (χ0) is 8.97. The first-order chi connectivity index (χ1) is 5.79. The van der Waals surface area contributed by atoms with Crippen molar-refractivity contribution in [3.8, 4) is 5.75 Å². The highest BCUT2D eigenvalue weighted by Gasteiger charge is 2.09. The van der Waals surface area contributed by atoms with Gasteiger partial charge in [0.15, 0.2) is 0 Å². The molecule has 0 spiro atoms. The van der Waals surface area contributed by atoms with Crippen LogP contribution in [0.1, 0.15) is 11.6 Å². The van der Waals surface area contributed by atoms with Crippen LogP contribution in [0.25, 0.3) is 0 Å². The molecular weight excluding hydrogens is 170 g/mol. The van der Waals surface area contributed by atoms with Gasteiger partial charge in [0, 0.05) is 17.4 Å². The quantitative estimate of drug-likeness (QED) is 0.622. The summed E-state index contributed by atoms with van der Waals surface area (Å²) in [4.78, 5) is 0. The molecule has 0 amide bonds. The molecule has 1 aromatic rings. The summed E-state index contributed by atoms with van der Waals surface area (Å²) < 4.78 is 0. The first-order valence-corrected chi connectivity index (χ1v) is 4.49. The fraction of sp³-hybridized carbons (Fsp3) is 0.333. The van der Waals surface area contributed by atoms with E-state index in [0.29, 0.717) is 11.5 Å². The van der Waals surface area contributed by atoms with E-state index in [1.54, 1.807) is 6.07 Å². The molecule has 0 aliphatic carbocycles. The van der Waals surface area contributed by atoms with Crippen molar-refractivity contribution in [1.29, 1.82) is 0 Å². The molecule has 0 saturated heterocycles. The Morgan fingerprint density at radius 3 is 2.67 bits per heavy atom. The van der Waals surface area contributed by atoms with Crippen LogP contribution in [0.5, 0.6) is 5.75 Å². The predicted molar refractivity (Wildman–Crippen MR) is 53.8 cm³/mol. The van der Waals surface area contributed by atoms with Crippen molar-refractivity contribution in [3.05, 3.63) is 29.8 Å². The highest BCUT2D eigenvalue weighted by atomic mass is 32.1. The molecule has 0 aliphatic rings. The average molecular weight is 183 g/mol. The SMILES string of the molecule is CN[C@H](CS)c1ccccc1O. The molecular formula is C9H13NOS. The van der Waals surface area contributed by atoms with Gasteiger partial charge in [0.2, 0.25) is 0 Å². The Bertz CT molecular complexity index is 248. The number of hydrogen-bond acceptors (Lipinski definition) is 3. The number of para-hydroxylation sites is 1. The second-order valence-electron chi connectivity index (χ2n) is 2.58. The van der Waals surface area contributed by atoms with Crippen LogP contribution in [0, 0.1) is 0 Å². The maximum Gasteiger partial charge on any atom is 0.120 e.